The first kappa shape index (κ1) is 8.31. The van der Waals surface area contributed by atoms with E-state index in [0.717, 1.165) is 26.1 Å². The molecule has 1 saturated heterocycles. The molecule has 0 aromatic heterocycles. The van der Waals surface area contributed by atoms with Crippen molar-refractivity contribution in [3.05, 3.63) is 0 Å². The van der Waals surface area contributed by atoms with E-state index in [4.69, 9.17) is 21.1 Å². The number of ether oxygens (including phenoxy) is 2. The van der Waals surface area contributed by atoms with Gasteiger partial charge < -0.3 is 9.47 Å². The Kier molecular flexibility index (Phi) is 4.10. The fourth-order valence-electron chi connectivity index (χ4n) is 0.948. The second-order valence-electron chi connectivity index (χ2n) is 2.39. The van der Waals surface area contributed by atoms with Gasteiger partial charge in [0.15, 0.2) is 6.29 Å². The molecule has 0 saturated carbocycles. The molecule has 2 nitrogen and oxygen atoms in total. The third-order valence-electron chi connectivity index (χ3n) is 1.52. The smallest absolute Gasteiger partial charge is 0.170 e. The molecular weight excluding hydrogens is 152 g/mol. The van der Waals surface area contributed by atoms with Gasteiger partial charge in [-0.2, -0.15) is 0 Å². The summed E-state index contributed by atoms with van der Waals surface area (Å²) < 4.78 is 10.6. The molecule has 0 radical (unpaired) electrons. The lowest BCUT2D eigenvalue weighted by atomic mass is 10.2. The molecule has 0 N–H and O–H groups in total. The third-order valence-corrected chi connectivity index (χ3v) is 1.77. The maximum absolute atomic E-state index is 5.56. The van der Waals surface area contributed by atoms with Gasteiger partial charge in [0.05, 0.1) is 5.88 Å². The van der Waals surface area contributed by atoms with E-state index in [2.05, 4.69) is 0 Å². The van der Waals surface area contributed by atoms with Crippen LogP contribution in [0.3, 0.4) is 0 Å². The van der Waals surface area contributed by atoms with Crippen LogP contribution in [0.1, 0.15) is 19.3 Å². The standard InChI is InChI=1S/C7H13ClO2/c8-6-7-9-4-2-1-3-5-10-7/h7H,1-6H2. The van der Waals surface area contributed by atoms with Crippen molar-refractivity contribution in [1.82, 2.24) is 0 Å². The summed E-state index contributed by atoms with van der Waals surface area (Å²) >= 11 is 5.56. The summed E-state index contributed by atoms with van der Waals surface area (Å²) in [4.78, 5) is 0. The molecule has 0 aromatic rings. The molecule has 3 heteroatoms. The number of hydrogen-bond donors (Lipinski definition) is 0. The largest absolute Gasteiger partial charge is 0.351 e. The Morgan fingerprint density at radius 3 is 2.20 bits per heavy atom. The molecule has 1 aliphatic rings. The van der Waals surface area contributed by atoms with E-state index in [-0.39, 0.29) is 6.29 Å². The van der Waals surface area contributed by atoms with Crippen LogP contribution in [0.25, 0.3) is 0 Å². The summed E-state index contributed by atoms with van der Waals surface area (Å²) in [5.41, 5.74) is 0. The van der Waals surface area contributed by atoms with E-state index in [1.54, 1.807) is 0 Å². The van der Waals surface area contributed by atoms with E-state index in [0.29, 0.717) is 5.88 Å². The van der Waals surface area contributed by atoms with Crippen molar-refractivity contribution in [3.63, 3.8) is 0 Å². The molecule has 1 rings (SSSR count). The topological polar surface area (TPSA) is 18.5 Å². The molecule has 1 heterocycles. The third kappa shape index (κ3) is 2.86. The van der Waals surface area contributed by atoms with Gasteiger partial charge in [0, 0.05) is 13.2 Å². The lowest BCUT2D eigenvalue weighted by Gasteiger charge is -2.18. The normalized spacial score (nSPS) is 23.7. The molecule has 10 heavy (non-hydrogen) atoms. The fourth-order valence-corrected chi connectivity index (χ4v) is 1.13. The van der Waals surface area contributed by atoms with E-state index in [1.807, 2.05) is 0 Å². The van der Waals surface area contributed by atoms with Gasteiger partial charge in [-0.05, 0) is 19.3 Å². The molecular formula is C7H13ClO2. The summed E-state index contributed by atoms with van der Waals surface area (Å²) in [7, 11) is 0. The zero-order valence-electron chi connectivity index (χ0n) is 6.01. The average Bonchev–Trinajstić information content (AvgIpc) is 1.87. The van der Waals surface area contributed by atoms with Gasteiger partial charge in [-0.1, -0.05) is 0 Å². The van der Waals surface area contributed by atoms with Crippen LogP contribution in [-0.2, 0) is 9.47 Å². The Labute approximate surface area is 66.5 Å². The van der Waals surface area contributed by atoms with E-state index >= 15 is 0 Å². The van der Waals surface area contributed by atoms with Crippen LogP contribution < -0.4 is 0 Å². The summed E-state index contributed by atoms with van der Waals surface area (Å²) in [5, 5.41) is 0. The number of hydrogen-bond acceptors (Lipinski definition) is 2. The highest BCUT2D eigenvalue weighted by molar-refractivity contribution is 6.18. The van der Waals surface area contributed by atoms with Gasteiger partial charge in [0.25, 0.3) is 0 Å². The molecule has 60 valence electrons. The molecule has 0 spiro atoms. The van der Waals surface area contributed by atoms with Crippen LogP contribution in [0.2, 0.25) is 0 Å². The zero-order chi connectivity index (χ0) is 7.23. The lowest BCUT2D eigenvalue weighted by molar-refractivity contribution is -0.137. The highest BCUT2D eigenvalue weighted by atomic mass is 35.5. The Bertz CT molecular complexity index is 79.7. The fraction of sp³-hybridized carbons (Fsp3) is 1.00. The lowest BCUT2D eigenvalue weighted by Crippen LogP contribution is -2.22. The predicted molar refractivity (Wildman–Crippen MR) is 40.3 cm³/mol. The molecule has 0 aliphatic carbocycles. The van der Waals surface area contributed by atoms with Gasteiger partial charge in [-0.15, -0.1) is 11.6 Å². The molecule has 1 aliphatic heterocycles. The zero-order valence-corrected chi connectivity index (χ0v) is 6.77. The number of halogens is 1. The van der Waals surface area contributed by atoms with Crippen molar-refractivity contribution < 1.29 is 9.47 Å². The van der Waals surface area contributed by atoms with Crippen LogP contribution in [-0.4, -0.2) is 25.4 Å². The minimum atomic E-state index is -0.165. The van der Waals surface area contributed by atoms with E-state index < -0.39 is 0 Å². The summed E-state index contributed by atoms with van der Waals surface area (Å²) in [6.45, 7) is 1.58. The Morgan fingerprint density at radius 2 is 1.70 bits per heavy atom. The summed E-state index contributed by atoms with van der Waals surface area (Å²) in [5.74, 6) is 0.444. The van der Waals surface area contributed by atoms with Gasteiger partial charge in [0.2, 0.25) is 0 Å². The second kappa shape index (κ2) is 4.94. The second-order valence-corrected chi connectivity index (χ2v) is 2.69. The average molecular weight is 165 g/mol. The van der Waals surface area contributed by atoms with Crippen LogP contribution in [0.5, 0.6) is 0 Å². The number of alkyl halides is 1. The number of rotatable bonds is 1. The van der Waals surface area contributed by atoms with Crippen molar-refractivity contribution in [2.75, 3.05) is 19.1 Å². The van der Waals surface area contributed by atoms with Gasteiger partial charge >= 0.3 is 0 Å². The summed E-state index contributed by atoms with van der Waals surface area (Å²) in [6.07, 6.45) is 3.31. The monoisotopic (exact) mass is 164 g/mol. The van der Waals surface area contributed by atoms with Gasteiger partial charge in [-0.3, -0.25) is 0 Å². The van der Waals surface area contributed by atoms with Crippen LogP contribution in [0.15, 0.2) is 0 Å². The quantitative estimate of drug-likeness (QED) is 0.550. The maximum Gasteiger partial charge on any atom is 0.170 e. The van der Waals surface area contributed by atoms with Gasteiger partial charge in [0.1, 0.15) is 0 Å². The Balaban J connectivity index is 2.16. The van der Waals surface area contributed by atoms with E-state index in [9.17, 15) is 0 Å². The molecule has 0 amide bonds. The van der Waals surface area contributed by atoms with Crippen molar-refractivity contribution in [1.29, 1.82) is 0 Å². The molecule has 0 aromatic carbocycles. The predicted octanol–water partition coefficient (Wildman–Crippen LogP) is 1.77. The molecule has 0 bridgehead atoms. The SMILES string of the molecule is ClCC1OCCCCCO1. The van der Waals surface area contributed by atoms with Crippen molar-refractivity contribution >= 4 is 11.6 Å². The van der Waals surface area contributed by atoms with Crippen LogP contribution in [0, 0.1) is 0 Å². The Hall–Kier alpha value is 0.210. The highest BCUT2D eigenvalue weighted by Crippen LogP contribution is 2.07. The van der Waals surface area contributed by atoms with Crippen LogP contribution >= 0.6 is 11.6 Å². The minimum Gasteiger partial charge on any atom is -0.351 e. The first-order chi connectivity index (χ1) is 4.93. The first-order valence-electron chi connectivity index (χ1n) is 3.72. The Morgan fingerprint density at radius 1 is 1.10 bits per heavy atom. The van der Waals surface area contributed by atoms with Gasteiger partial charge in [-0.25, -0.2) is 0 Å². The van der Waals surface area contributed by atoms with Crippen molar-refractivity contribution in [2.45, 2.75) is 25.6 Å². The van der Waals surface area contributed by atoms with E-state index in [1.165, 1.54) is 6.42 Å². The molecule has 0 unspecified atom stereocenters. The maximum atomic E-state index is 5.56. The summed E-state index contributed by atoms with van der Waals surface area (Å²) in [6, 6.07) is 0. The molecule has 1 fully saturated rings. The van der Waals surface area contributed by atoms with Crippen molar-refractivity contribution in [3.8, 4) is 0 Å². The minimum absolute atomic E-state index is 0.165. The first-order valence-corrected chi connectivity index (χ1v) is 4.26. The molecule has 0 atom stereocenters. The highest BCUT2D eigenvalue weighted by Gasteiger charge is 2.09. The van der Waals surface area contributed by atoms with Crippen LogP contribution in [0.4, 0.5) is 0 Å². The van der Waals surface area contributed by atoms with Crippen molar-refractivity contribution in [2.24, 2.45) is 0 Å².